The number of carbonyl (C=O) groups is 2. The molecule has 19 heavy (non-hydrogen) atoms. The summed E-state index contributed by atoms with van der Waals surface area (Å²) in [6, 6.07) is 7.97. The molecule has 1 atom stereocenters. The number of hydrogen-bond donors (Lipinski definition) is 0. The average molecular weight is 270 g/mol. The normalized spacial score (nSPS) is 19.6. The predicted molar refractivity (Wildman–Crippen MR) is 61.6 cm³/mol. The topological polar surface area (TPSA) is 49.7 Å². The van der Waals surface area contributed by atoms with Crippen molar-refractivity contribution in [1.29, 1.82) is 0 Å². The Morgan fingerprint density at radius 3 is 2.37 bits per heavy atom. The Morgan fingerprint density at radius 2 is 1.84 bits per heavy atom. The van der Waals surface area contributed by atoms with Gasteiger partial charge in [0.2, 0.25) is 0 Å². The van der Waals surface area contributed by atoms with Crippen molar-refractivity contribution in [2.75, 3.05) is 5.01 Å². The molecular weight excluding hydrogens is 261 g/mol. The summed E-state index contributed by atoms with van der Waals surface area (Å²) >= 11 is 0. The van der Waals surface area contributed by atoms with Crippen LogP contribution in [0, 0.1) is 5.92 Å². The van der Waals surface area contributed by atoms with Gasteiger partial charge in [0.05, 0.1) is 11.4 Å². The number of rotatable bonds is 2. The van der Waals surface area contributed by atoms with Gasteiger partial charge in [0.25, 0.3) is 11.7 Å². The van der Waals surface area contributed by atoms with E-state index in [2.05, 4.69) is 5.10 Å². The summed E-state index contributed by atoms with van der Waals surface area (Å²) in [4.78, 5) is 23.1. The largest absolute Gasteiger partial charge is 0.451 e. The minimum absolute atomic E-state index is 0.156. The van der Waals surface area contributed by atoms with Gasteiger partial charge in [-0.2, -0.15) is 23.3 Å². The zero-order valence-corrected chi connectivity index (χ0v) is 9.81. The average Bonchev–Trinajstić information content (AvgIpc) is 2.64. The molecule has 0 unspecified atom stereocenters. The molecule has 0 saturated carbocycles. The molecular formula is C12H9F3N2O2. The number of hydrogen-bond acceptors (Lipinski definition) is 3. The molecule has 0 N–H and O–H groups in total. The highest BCUT2D eigenvalue weighted by molar-refractivity contribution is 6.27. The molecule has 0 spiro atoms. The summed E-state index contributed by atoms with van der Waals surface area (Å²) in [6.45, 7) is 1.23. The fourth-order valence-corrected chi connectivity index (χ4v) is 1.79. The van der Waals surface area contributed by atoms with Gasteiger partial charge in [0.15, 0.2) is 0 Å². The number of halogens is 3. The zero-order valence-electron chi connectivity index (χ0n) is 9.81. The first-order valence-corrected chi connectivity index (χ1v) is 5.37. The van der Waals surface area contributed by atoms with Crippen molar-refractivity contribution < 1.29 is 22.8 Å². The highest BCUT2D eigenvalue weighted by Crippen LogP contribution is 2.29. The zero-order chi connectivity index (χ0) is 14.2. The lowest BCUT2D eigenvalue weighted by Gasteiger charge is -2.14. The molecule has 1 aliphatic heterocycles. The Labute approximate surface area is 106 Å². The Bertz CT molecular complexity index is 552. The van der Waals surface area contributed by atoms with Gasteiger partial charge in [-0.15, -0.1) is 0 Å². The van der Waals surface area contributed by atoms with Crippen LogP contribution in [0.5, 0.6) is 0 Å². The van der Waals surface area contributed by atoms with Crippen LogP contribution in [-0.2, 0) is 9.59 Å². The van der Waals surface area contributed by atoms with E-state index >= 15 is 0 Å². The van der Waals surface area contributed by atoms with Gasteiger partial charge in [-0.05, 0) is 19.1 Å². The number of nitrogens with zero attached hydrogens (tertiary/aromatic N) is 2. The molecule has 1 aromatic carbocycles. The van der Waals surface area contributed by atoms with E-state index in [9.17, 15) is 22.8 Å². The number of para-hydroxylation sites is 1. The van der Waals surface area contributed by atoms with E-state index in [1.807, 2.05) is 0 Å². The molecule has 1 heterocycles. The van der Waals surface area contributed by atoms with Gasteiger partial charge in [0.1, 0.15) is 5.92 Å². The lowest BCUT2D eigenvalue weighted by molar-refractivity contribution is -0.174. The van der Waals surface area contributed by atoms with E-state index in [1.54, 1.807) is 18.2 Å². The van der Waals surface area contributed by atoms with Crippen molar-refractivity contribution in [2.45, 2.75) is 13.1 Å². The summed E-state index contributed by atoms with van der Waals surface area (Å²) in [5, 5.41) is 4.56. The van der Waals surface area contributed by atoms with Crippen LogP contribution >= 0.6 is 0 Å². The molecule has 2 rings (SSSR count). The van der Waals surface area contributed by atoms with Gasteiger partial charge in [0, 0.05) is 0 Å². The first-order valence-electron chi connectivity index (χ1n) is 5.37. The summed E-state index contributed by atoms with van der Waals surface area (Å²) in [5.41, 5.74) is 0.167. The smallest absolute Gasteiger partial charge is 0.288 e. The SMILES string of the molecule is CC1=NN(c2ccccc2)C(=O)[C@@H]1C(=O)C(F)(F)F. The van der Waals surface area contributed by atoms with Crippen LogP contribution in [0.4, 0.5) is 18.9 Å². The molecule has 0 aliphatic carbocycles. The number of carbonyl (C=O) groups excluding carboxylic acids is 2. The predicted octanol–water partition coefficient (Wildman–Crippen LogP) is 2.16. The van der Waals surface area contributed by atoms with Gasteiger partial charge >= 0.3 is 6.18 Å². The van der Waals surface area contributed by atoms with Crippen LogP contribution in [0.3, 0.4) is 0 Å². The van der Waals surface area contributed by atoms with Crippen LogP contribution in [0.25, 0.3) is 0 Å². The Morgan fingerprint density at radius 1 is 1.26 bits per heavy atom. The second-order valence-corrected chi connectivity index (χ2v) is 4.02. The number of alkyl halides is 3. The van der Waals surface area contributed by atoms with Gasteiger partial charge in [-0.25, -0.2) is 0 Å². The van der Waals surface area contributed by atoms with Crippen molar-refractivity contribution in [3.8, 4) is 0 Å². The first-order chi connectivity index (χ1) is 8.82. The number of Topliss-reactive ketones (excluding diaryl/α,β-unsaturated/α-hetero) is 1. The van der Waals surface area contributed by atoms with E-state index in [4.69, 9.17) is 0 Å². The van der Waals surface area contributed by atoms with Crippen molar-refractivity contribution >= 4 is 23.1 Å². The van der Waals surface area contributed by atoms with E-state index in [-0.39, 0.29) is 5.71 Å². The van der Waals surface area contributed by atoms with E-state index < -0.39 is 23.8 Å². The first kappa shape index (κ1) is 13.3. The number of ketones is 1. The third-order valence-electron chi connectivity index (χ3n) is 2.67. The minimum atomic E-state index is -5.05. The quantitative estimate of drug-likeness (QED) is 0.773. The van der Waals surface area contributed by atoms with Crippen LogP contribution in [-0.4, -0.2) is 23.6 Å². The molecule has 0 fully saturated rings. The Balaban J connectivity index is 2.32. The van der Waals surface area contributed by atoms with E-state index in [1.165, 1.54) is 19.1 Å². The summed E-state index contributed by atoms with van der Waals surface area (Å²) in [5.74, 6) is -4.94. The molecule has 1 aromatic rings. The highest BCUT2D eigenvalue weighted by atomic mass is 19.4. The van der Waals surface area contributed by atoms with Gasteiger partial charge < -0.3 is 0 Å². The summed E-state index contributed by atoms with van der Waals surface area (Å²) < 4.78 is 37.2. The van der Waals surface area contributed by atoms with Crippen LogP contribution in [0.2, 0.25) is 0 Å². The molecule has 100 valence electrons. The second kappa shape index (κ2) is 4.49. The molecule has 0 bridgehead atoms. The third kappa shape index (κ3) is 2.35. The lowest BCUT2D eigenvalue weighted by atomic mass is 9.99. The van der Waals surface area contributed by atoms with Crippen molar-refractivity contribution in [3.05, 3.63) is 30.3 Å². The van der Waals surface area contributed by atoms with Gasteiger partial charge in [-0.1, -0.05) is 18.2 Å². The third-order valence-corrected chi connectivity index (χ3v) is 2.67. The maximum atomic E-state index is 12.4. The molecule has 1 amide bonds. The van der Waals surface area contributed by atoms with Crippen LogP contribution < -0.4 is 5.01 Å². The fraction of sp³-hybridized carbons (Fsp3) is 0.250. The number of anilines is 1. The Hall–Kier alpha value is -2.18. The summed E-state index contributed by atoms with van der Waals surface area (Å²) in [6.07, 6.45) is -5.05. The maximum Gasteiger partial charge on any atom is 0.451 e. The van der Waals surface area contributed by atoms with Crippen LogP contribution in [0.15, 0.2) is 35.4 Å². The standard InChI is InChI=1S/C12H9F3N2O2/c1-7-9(10(18)12(13,14)15)11(19)17(16-7)8-5-3-2-4-6-8/h2-6,9H,1H3/t9-/m0/s1. The molecule has 1 aliphatic rings. The monoisotopic (exact) mass is 270 g/mol. The number of benzene rings is 1. The number of hydrazone groups is 1. The number of amides is 1. The van der Waals surface area contributed by atoms with Crippen molar-refractivity contribution in [3.63, 3.8) is 0 Å². The van der Waals surface area contributed by atoms with Crippen molar-refractivity contribution in [2.24, 2.45) is 11.0 Å². The molecule has 0 saturated heterocycles. The summed E-state index contributed by atoms with van der Waals surface area (Å²) in [7, 11) is 0. The molecule has 7 heteroatoms. The second-order valence-electron chi connectivity index (χ2n) is 4.02. The molecule has 4 nitrogen and oxygen atoms in total. The Kier molecular flexibility index (Phi) is 3.13. The molecule has 0 aromatic heterocycles. The van der Waals surface area contributed by atoms with E-state index in [0.717, 1.165) is 5.01 Å². The maximum absolute atomic E-state index is 12.4. The van der Waals surface area contributed by atoms with Gasteiger partial charge in [-0.3, -0.25) is 9.59 Å². The fourth-order valence-electron chi connectivity index (χ4n) is 1.79. The highest BCUT2D eigenvalue weighted by Gasteiger charge is 2.51. The van der Waals surface area contributed by atoms with Crippen LogP contribution in [0.1, 0.15) is 6.92 Å². The van der Waals surface area contributed by atoms with E-state index in [0.29, 0.717) is 5.69 Å². The minimum Gasteiger partial charge on any atom is -0.288 e. The lowest BCUT2D eigenvalue weighted by Crippen LogP contribution is -2.40. The molecule has 0 radical (unpaired) electrons. The van der Waals surface area contributed by atoms with Crippen molar-refractivity contribution in [1.82, 2.24) is 0 Å².